The lowest BCUT2D eigenvalue weighted by molar-refractivity contribution is -0.274. The van der Waals surface area contributed by atoms with E-state index in [1.54, 1.807) is 19.1 Å². The topological polar surface area (TPSA) is 153 Å². The summed E-state index contributed by atoms with van der Waals surface area (Å²) in [6, 6.07) is 7.91. The van der Waals surface area contributed by atoms with Gasteiger partial charge in [-0.15, -0.1) is 30.0 Å². The molecule has 3 rings (SSSR count). The second kappa shape index (κ2) is 11.9. The smallest absolute Gasteiger partial charge is 0.480 e. The number of benzene rings is 2. The summed E-state index contributed by atoms with van der Waals surface area (Å²) < 4.78 is 41.6. The van der Waals surface area contributed by atoms with Gasteiger partial charge in [-0.1, -0.05) is 17.3 Å². The minimum Gasteiger partial charge on any atom is -0.480 e. The van der Waals surface area contributed by atoms with E-state index >= 15 is 0 Å². The molecule has 1 unspecified atom stereocenters. The molecule has 1 aromatic heterocycles. The number of fused-ring (bicyclic) bond motifs is 1. The number of nitrogens with one attached hydrogen (secondary N) is 2. The van der Waals surface area contributed by atoms with Crippen LogP contribution in [0.25, 0.3) is 10.9 Å². The molecule has 0 saturated carbocycles. The quantitative estimate of drug-likeness (QED) is 0.321. The van der Waals surface area contributed by atoms with Crippen LogP contribution in [0.3, 0.4) is 0 Å². The molecular weight excluding hydrogens is 531 g/mol. The number of carboxylic acids is 1. The third kappa shape index (κ3) is 7.93. The molecule has 0 spiro atoms. The highest BCUT2D eigenvalue weighted by atomic mass is 32.2. The second-order valence-corrected chi connectivity index (χ2v) is 9.13. The first-order valence-electron chi connectivity index (χ1n) is 11.0. The Kier molecular flexibility index (Phi) is 8.93. The van der Waals surface area contributed by atoms with Gasteiger partial charge in [0, 0.05) is 17.6 Å². The fourth-order valence-corrected chi connectivity index (χ4v) is 4.26. The first-order valence-corrected chi connectivity index (χ1v) is 12.0. The van der Waals surface area contributed by atoms with Crippen molar-refractivity contribution >= 4 is 40.4 Å². The molecule has 1 heterocycles. The Bertz CT molecular complexity index is 1400. The van der Waals surface area contributed by atoms with Crippen LogP contribution in [-0.4, -0.2) is 56.0 Å². The Morgan fingerprint density at radius 1 is 1.13 bits per heavy atom. The predicted octanol–water partition coefficient (Wildman–Crippen LogP) is 2.25. The molecule has 2 atom stereocenters. The minimum atomic E-state index is -4.81. The molecule has 38 heavy (non-hydrogen) atoms. The van der Waals surface area contributed by atoms with Crippen LogP contribution in [0, 0.1) is 0 Å². The Balaban J connectivity index is 1.64. The SMILES string of the molecule is CC(=O)NC(CSc1ccc2c(=O)n(CC(=O)N[C@@H](C)c3ccc(OC(F)(F)F)cc3)nnc2c1)C(=O)O. The van der Waals surface area contributed by atoms with Gasteiger partial charge in [0.1, 0.15) is 23.9 Å². The lowest BCUT2D eigenvalue weighted by atomic mass is 10.1. The maximum absolute atomic E-state index is 12.8. The zero-order chi connectivity index (χ0) is 28.0. The van der Waals surface area contributed by atoms with Gasteiger partial charge in [0.25, 0.3) is 5.56 Å². The molecule has 3 aromatic rings. The number of nitrogens with zero attached hydrogens (tertiary/aromatic N) is 3. The fraction of sp³-hybridized carbons (Fsp3) is 0.304. The summed E-state index contributed by atoms with van der Waals surface area (Å²) >= 11 is 1.14. The highest BCUT2D eigenvalue weighted by Crippen LogP contribution is 2.24. The van der Waals surface area contributed by atoms with Crippen LogP contribution < -0.4 is 20.9 Å². The Morgan fingerprint density at radius 3 is 2.42 bits per heavy atom. The van der Waals surface area contributed by atoms with E-state index in [1.165, 1.54) is 25.1 Å². The number of aromatic nitrogens is 3. The number of alkyl halides is 3. The molecule has 3 N–H and O–H groups in total. The van der Waals surface area contributed by atoms with Gasteiger partial charge < -0.3 is 20.5 Å². The number of aliphatic carboxylic acids is 1. The second-order valence-electron chi connectivity index (χ2n) is 8.04. The van der Waals surface area contributed by atoms with Crippen molar-refractivity contribution in [3.8, 4) is 5.75 Å². The molecule has 202 valence electrons. The van der Waals surface area contributed by atoms with E-state index in [1.807, 2.05) is 0 Å². The van der Waals surface area contributed by atoms with Crippen LogP contribution in [0.5, 0.6) is 5.75 Å². The van der Waals surface area contributed by atoms with Crippen molar-refractivity contribution in [1.82, 2.24) is 25.6 Å². The lowest BCUT2D eigenvalue weighted by Crippen LogP contribution is -2.41. The van der Waals surface area contributed by atoms with Crippen molar-refractivity contribution < 1.29 is 37.4 Å². The normalized spacial score (nSPS) is 13.0. The van der Waals surface area contributed by atoms with E-state index < -0.39 is 54.1 Å². The molecule has 15 heteroatoms. The van der Waals surface area contributed by atoms with E-state index in [0.717, 1.165) is 28.6 Å². The lowest BCUT2D eigenvalue weighted by Gasteiger charge is -2.15. The van der Waals surface area contributed by atoms with E-state index in [4.69, 9.17) is 0 Å². The summed E-state index contributed by atoms with van der Waals surface area (Å²) in [5, 5.41) is 22.1. The summed E-state index contributed by atoms with van der Waals surface area (Å²) in [5.41, 5.74) is 0.167. The van der Waals surface area contributed by atoms with Crippen LogP contribution in [0.2, 0.25) is 0 Å². The average molecular weight is 554 g/mol. The van der Waals surface area contributed by atoms with Crippen LogP contribution >= 0.6 is 11.8 Å². The molecule has 0 aliphatic heterocycles. The number of halogens is 3. The standard InChI is InChI=1S/C23H22F3N5O6S/c1-12(14-3-5-15(6-4-14)37-23(24,25)26)27-20(33)10-31-21(34)17-8-7-16(9-18(17)29-30-31)38-11-19(22(35)36)28-13(2)32/h3-9,12,19H,10-11H2,1-2H3,(H,27,33)(H,28,32)(H,35,36)/t12-,19?/m0/s1. The molecule has 0 aliphatic rings. The van der Waals surface area contributed by atoms with Gasteiger partial charge in [-0.25, -0.2) is 9.48 Å². The molecule has 2 aromatic carbocycles. The number of carbonyl (C=O) groups excluding carboxylic acids is 2. The third-order valence-corrected chi connectivity index (χ3v) is 6.16. The van der Waals surface area contributed by atoms with Crippen LogP contribution in [0.1, 0.15) is 25.5 Å². The summed E-state index contributed by atoms with van der Waals surface area (Å²) in [5.74, 6) is -2.59. The first-order chi connectivity index (χ1) is 17.8. The monoisotopic (exact) mass is 553 g/mol. The van der Waals surface area contributed by atoms with Gasteiger partial charge in [-0.2, -0.15) is 0 Å². The Hall–Kier alpha value is -4.14. The molecule has 0 aliphatic carbocycles. The summed E-state index contributed by atoms with van der Waals surface area (Å²) in [4.78, 5) is 48.3. The van der Waals surface area contributed by atoms with Gasteiger partial charge in [-0.05, 0) is 42.8 Å². The number of carboxylic acid groups (broad SMARTS) is 1. The van der Waals surface area contributed by atoms with Crippen molar-refractivity contribution in [3.05, 3.63) is 58.4 Å². The van der Waals surface area contributed by atoms with Crippen LogP contribution in [-0.2, 0) is 20.9 Å². The highest BCUT2D eigenvalue weighted by molar-refractivity contribution is 7.99. The number of amides is 2. The summed E-state index contributed by atoms with van der Waals surface area (Å²) in [7, 11) is 0. The van der Waals surface area contributed by atoms with Gasteiger partial charge >= 0.3 is 12.3 Å². The zero-order valence-electron chi connectivity index (χ0n) is 20.0. The molecule has 0 radical (unpaired) electrons. The average Bonchev–Trinajstić information content (AvgIpc) is 2.82. The Labute approximate surface area is 217 Å². The molecule has 0 bridgehead atoms. The third-order valence-electron chi connectivity index (χ3n) is 5.07. The number of ether oxygens (including phenoxy) is 1. The van der Waals surface area contributed by atoms with Crippen molar-refractivity contribution in [2.45, 2.75) is 43.7 Å². The summed E-state index contributed by atoms with van der Waals surface area (Å²) in [6.45, 7) is 2.38. The first kappa shape index (κ1) is 28.4. The molecule has 0 saturated heterocycles. The number of carbonyl (C=O) groups is 3. The van der Waals surface area contributed by atoms with Crippen molar-refractivity contribution in [2.24, 2.45) is 0 Å². The number of thioether (sulfide) groups is 1. The molecular formula is C23H22F3N5O6S. The maximum Gasteiger partial charge on any atom is 0.573 e. The van der Waals surface area contributed by atoms with Gasteiger partial charge in [0.15, 0.2) is 0 Å². The number of hydrogen-bond donors (Lipinski definition) is 3. The van der Waals surface area contributed by atoms with Crippen LogP contribution in [0.4, 0.5) is 13.2 Å². The van der Waals surface area contributed by atoms with Crippen molar-refractivity contribution in [1.29, 1.82) is 0 Å². The van der Waals surface area contributed by atoms with E-state index in [-0.39, 0.29) is 16.7 Å². The number of hydrogen-bond acceptors (Lipinski definition) is 8. The van der Waals surface area contributed by atoms with Gasteiger partial charge in [0.2, 0.25) is 11.8 Å². The largest absolute Gasteiger partial charge is 0.573 e. The molecule has 0 fully saturated rings. The molecule has 11 nitrogen and oxygen atoms in total. The van der Waals surface area contributed by atoms with Gasteiger partial charge in [-0.3, -0.25) is 14.4 Å². The fourth-order valence-electron chi connectivity index (χ4n) is 3.31. The van der Waals surface area contributed by atoms with Crippen molar-refractivity contribution in [3.63, 3.8) is 0 Å². The van der Waals surface area contributed by atoms with E-state index in [2.05, 4.69) is 25.7 Å². The van der Waals surface area contributed by atoms with Gasteiger partial charge in [0.05, 0.1) is 11.4 Å². The van der Waals surface area contributed by atoms with E-state index in [9.17, 15) is 37.5 Å². The van der Waals surface area contributed by atoms with E-state index in [0.29, 0.717) is 10.5 Å². The zero-order valence-corrected chi connectivity index (χ0v) is 20.8. The summed E-state index contributed by atoms with van der Waals surface area (Å²) in [6.07, 6.45) is -4.81. The maximum atomic E-state index is 12.8. The number of rotatable bonds is 10. The Morgan fingerprint density at radius 2 is 1.82 bits per heavy atom. The highest BCUT2D eigenvalue weighted by Gasteiger charge is 2.31. The minimum absolute atomic E-state index is 0.0430. The van der Waals surface area contributed by atoms with Crippen LogP contribution in [0.15, 0.2) is 52.2 Å². The van der Waals surface area contributed by atoms with Crippen molar-refractivity contribution in [2.75, 3.05) is 5.75 Å². The molecule has 2 amide bonds. The predicted molar refractivity (Wildman–Crippen MR) is 129 cm³/mol.